The van der Waals surface area contributed by atoms with Crippen LogP contribution in [0.5, 0.6) is 0 Å². The molecule has 0 saturated carbocycles. The molecule has 1 saturated heterocycles. The van der Waals surface area contributed by atoms with Crippen LogP contribution in [0.1, 0.15) is 26.7 Å². The van der Waals surface area contributed by atoms with Gasteiger partial charge in [-0.15, -0.1) is 0 Å². The van der Waals surface area contributed by atoms with Gasteiger partial charge in [-0.1, -0.05) is 0 Å². The van der Waals surface area contributed by atoms with Gasteiger partial charge in [0.2, 0.25) is 5.91 Å². The van der Waals surface area contributed by atoms with Gasteiger partial charge in [-0.25, -0.2) is 0 Å². The Labute approximate surface area is 107 Å². The largest absolute Gasteiger partial charge is 0.465 e. The minimum absolute atomic E-state index is 0.0990. The fraction of sp³-hybridized carbons (Fsp3) is 0.833. The van der Waals surface area contributed by atoms with E-state index in [2.05, 4.69) is 10.6 Å². The highest BCUT2D eigenvalue weighted by atomic mass is 16.5. The standard InChI is InChI=1S/C12H22N2O4/c1-3-18-12(16)9(2)13-8-11(15)14-10-4-6-17-7-5-10/h9-10,13H,3-8H2,1-2H3,(H,14,15). The van der Waals surface area contributed by atoms with Crippen molar-refractivity contribution in [2.24, 2.45) is 0 Å². The van der Waals surface area contributed by atoms with Crippen molar-refractivity contribution in [1.29, 1.82) is 0 Å². The first-order valence-corrected chi connectivity index (χ1v) is 6.40. The quantitative estimate of drug-likeness (QED) is 0.646. The van der Waals surface area contributed by atoms with Crippen LogP contribution < -0.4 is 10.6 Å². The maximum Gasteiger partial charge on any atom is 0.322 e. The average molecular weight is 258 g/mol. The predicted octanol–water partition coefficient (Wildman–Crippen LogP) is -0.177. The minimum Gasteiger partial charge on any atom is -0.465 e. The molecule has 2 N–H and O–H groups in total. The third kappa shape index (κ3) is 5.46. The van der Waals surface area contributed by atoms with Crippen LogP contribution in [0.2, 0.25) is 0 Å². The van der Waals surface area contributed by atoms with Gasteiger partial charge >= 0.3 is 5.97 Å². The first kappa shape index (κ1) is 14.9. The molecule has 0 aromatic heterocycles. The lowest BCUT2D eigenvalue weighted by Gasteiger charge is -2.23. The molecule has 6 heteroatoms. The number of hydrogen-bond donors (Lipinski definition) is 2. The zero-order chi connectivity index (χ0) is 13.4. The highest BCUT2D eigenvalue weighted by Crippen LogP contribution is 2.05. The van der Waals surface area contributed by atoms with E-state index in [4.69, 9.17) is 9.47 Å². The molecule has 0 aromatic carbocycles. The van der Waals surface area contributed by atoms with Crippen molar-refractivity contribution < 1.29 is 19.1 Å². The SMILES string of the molecule is CCOC(=O)C(C)NCC(=O)NC1CCOCC1. The van der Waals surface area contributed by atoms with E-state index in [0.717, 1.165) is 12.8 Å². The van der Waals surface area contributed by atoms with Crippen LogP contribution in [-0.4, -0.2) is 50.3 Å². The normalized spacial score (nSPS) is 18.1. The van der Waals surface area contributed by atoms with Crippen LogP contribution in [-0.2, 0) is 19.1 Å². The molecule has 0 aliphatic carbocycles. The second-order valence-corrected chi connectivity index (χ2v) is 4.31. The van der Waals surface area contributed by atoms with Crippen molar-refractivity contribution in [1.82, 2.24) is 10.6 Å². The molecule has 1 atom stereocenters. The molecule has 0 spiro atoms. The van der Waals surface area contributed by atoms with Gasteiger partial charge in [-0.2, -0.15) is 0 Å². The molecule has 0 radical (unpaired) electrons. The maximum absolute atomic E-state index is 11.6. The molecule has 0 bridgehead atoms. The van der Waals surface area contributed by atoms with Crippen LogP contribution in [0.3, 0.4) is 0 Å². The Morgan fingerprint density at radius 2 is 2.06 bits per heavy atom. The molecule has 1 aliphatic rings. The summed E-state index contributed by atoms with van der Waals surface area (Å²) in [6.07, 6.45) is 1.69. The predicted molar refractivity (Wildman–Crippen MR) is 66.1 cm³/mol. The van der Waals surface area contributed by atoms with E-state index >= 15 is 0 Å². The van der Waals surface area contributed by atoms with Gasteiger partial charge in [0, 0.05) is 19.3 Å². The summed E-state index contributed by atoms with van der Waals surface area (Å²) < 4.78 is 10.0. The molecule has 1 aliphatic heterocycles. The van der Waals surface area contributed by atoms with E-state index in [-0.39, 0.29) is 24.5 Å². The molecule has 6 nitrogen and oxygen atoms in total. The number of ether oxygens (including phenoxy) is 2. The van der Waals surface area contributed by atoms with Gasteiger partial charge in [0.1, 0.15) is 6.04 Å². The lowest BCUT2D eigenvalue weighted by molar-refractivity contribution is -0.145. The van der Waals surface area contributed by atoms with E-state index in [9.17, 15) is 9.59 Å². The van der Waals surface area contributed by atoms with E-state index in [1.165, 1.54) is 0 Å². The summed E-state index contributed by atoms with van der Waals surface area (Å²) in [5, 5.41) is 5.75. The fourth-order valence-corrected chi connectivity index (χ4v) is 1.72. The van der Waals surface area contributed by atoms with Crippen LogP contribution in [0.15, 0.2) is 0 Å². The summed E-state index contributed by atoms with van der Waals surface area (Å²) in [4.78, 5) is 22.9. The van der Waals surface area contributed by atoms with Gasteiger partial charge in [-0.3, -0.25) is 14.9 Å². The summed E-state index contributed by atoms with van der Waals surface area (Å²) in [6.45, 7) is 5.29. The van der Waals surface area contributed by atoms with E-state index in [1.54, 1.807) is 13.8 Å². The van der Waals surface area contributed by atoms with Gasteiger partial charge in [0.15, 0.2) is 0 Å². The van der Waals surface area contributed by atoms with Gasteiger partial charge in [0.25, 0.3) is 0 Å². The summed E-state index contributed by atoms with van der Waals surface area (Å²) >= 11 is 0. The highest BCUT2D eigenvalue weighted by molar-refractivity contribution is 5.80. The zero-order valence-corrected chi connectivity index (χ0v) is 11.0. The Bertz CT molecular complexity index is 277. The lowest BCUT2D eigenvalue weighted by Crippen LogP contribution is -2.46. The second-order valence-electron chi connectivity index (χ2n) is 4.31. The first-order valence-electron chi connectivity index (χ1n) is 6.40. The monoisotopic (exact) mass is 258 g/mol. The van der Waals surface area contributed by atoms with Gasteiger partial charge in [0.05, 0.1) is 13.2 Å². The number of carbonyl (C=O) groups is 2. The van der Waals surface area contributed by atoms with Crippen LogP contribution in [0, 0.1) is 0 Å². The maximum atomic E-state index is 11.6. The van der Waals surface area contributed by atoms with Crippen molar-refractivity contribution in [3.63, 3.8) is 0 Å². The van der Waals surface area contributed by atoms with Crippen LogP contribution in [0.25, 0.3) is 0 Å². The third-order valence-corrected chi connectivity index (χ3v) is 2.80. The van der Waals surface area contributed by atoms with E-state index in [0.29, 0.717) is 19.8 Å². The smallest absolute Gasteiger partial charge is 0.322 e. The number of nitrogens with one attached hydrogen (secondary N) is 2. The first-order chi connectivity index (χ1) is 8.63. The van der Waals surface area contributed by atoms with Crippen molar-refractivity contribution in [2.75, 3.05) is 26.4 Å². The average Bonchev–Trinajstić information content (AvgIpc) is 2.37. The second kappa shape index (κ2) is 8.05. The van der Waals surface area contributed by atoms with Crippen molar-refractivity contribution in [3.8, 4) is 0 Å². The number of amides is 1. The van der Waals surface area contributed by atoms with Gasteiger partial charge < -0.3 is 14.8 Å². The molecular formula is C12H22N2O4. The Hall–Kier alpha value is -1.14. The topological polar surface area (TPSA) is 76.7 Å². The molecule has 18 heavy (non-hydrogen) atoms. The molecule has 1 amide bonds. The van der Waals surface area contributed by atoms with Crippen molar-refractivity contribution in [3.05, 3.63) is 0 Å². The highest BCUT2D eigenvalue weighted by Gasteiger charge is 2.18. The van der Waals surface area contributed by atoms with Crippen molar-refractivity contribution >= 4 is 11.9 Å². The van der Waals surface area contributed by atoms with Crippen molar-refractivity contribution in [2.45, 2.75) is 38.8 Å². The zero-order valence-electron chi connectivity index (χ0n) is 11.0. The third-order valence-electron chi connectivity index (χ3n) is 2.80. The fourth-order valence-electron chi connectivity index (χ4n) is 1.72. The molecule has 104 valence electrons. The molecular weight excluding hydrogens is 236 g/mol. The van der Waals surface area contributed by atoms with E-state index in [1.807, 2.05) is 0 Å². The van der Waals surface area contributed by atoms with Crippen LogP contribution >= 0.6 is 0 Å². The Morgan fingerprint density at radius 1 is 1.39 bits per heavy atom. The van der Waals surface area contributed by atoms with E-state index < -0.39 is 6.04 Å². The molecule has 1 rings (SSSR count). The summed E-state index contributed by atoms with van der Waals surface area (Å²) in [5.41, 5.74) is 0. The number of esters is 1. The molecule has 1 unspecified atom stereocenters. The number of carbonyl (C=O) groups excluding carboxylic acids is 2. The summed E-state index contributed by atoms with van der Waals surface area (Å²) in [7, 11) is 0. The lowest BCUT2D eigenvalue weighted by atomic mass is 10.1. The minimum atomic E-state index is -0.467. The molecule has 1 heterocycles. The van der Waals surface area contributed by atoms with Crippen LogP contribution in [0.4, 0.5) is 0 Å². The number of rotatable bonds is 6. The van der Waals surface area contributed by atoms with Gasteiger partial charge in [-0.05, 0) is 26.7 Å². The molecule has 0 aromatic rings. The Kier molecular flexibility index (Phi) is 6.67. The Morgan fingerprint density at radius 3 is 2.67 bits per heavy atom. The number of hydrogen-bond acceptors (Lipinski definition) is 5. The summed E-state index contributed by atoms with van der Waals surface area (Å²) in [6, 6.07) is -0.281. The summed E-state index contributed by atoms with van der Waals surface area (Å²) in [5.74, 6) is -0.436. The Balaban J connectivity index is 2.17. The molecule has 1 fully saturated rings.